The largest absolute Gasteiger partial charge is 0.365 e. The van der Waals surface area contributed by atoms with Crippen LogP contribution in [0.5, 0.6) is 0 Å². The summed E-state index contributed by atoms with van der Waals surface area (Å²) in [7, 11) is 0. The maximum Gasteiger partial charge on any atom is 0.165 e. The molecule has 4 aliphatic carbocycles. The van der Waals surface area contributed by atoms with Gasteiger partial charge in [-0.3, -0.25) is 4.79 Å². The molecule has 0 spiro atoms. The summed E-state index contributed by atoms with van der Waals surface area (Å²) in [6, 6.07) is 0. The van der Waals surface area contributed by atoms with Crippen molar-refractivity contribution in [2.45, 2.75) is 70.5 Å². The standard InChI is InChI=1S/C19H28O3/c1-18(21,22)19-9-2-3-17(19)16-6-4-12-11-13(20)5-7-14(12)15(16)8-10-19/h11,14-17,21-22H,2-10H2,1H3/t14-,15+,16+,17-,19+/m0/s1. The van der Waals surface area contributed by atoms with Gasteiger partial charge in [0.15, 0.2) is 11.6 Å². The minimum atomic E-state index is -1.54. The number of aliphatic hydroxyl groups is 2. The van der Waals surface area contributed by atoms with Gasteiger partial charge in [0.05, 0.1) is 0 Å². The summed E-state index contributed by atoms with van der Waals surface area (Å²) in [6.07, 6.45) is 11.2. The second kappa shape index (κ2) is 4.91. The predicted octanol–water partition coefficient (Wildman–Crippen LogP) is 3.20. The van der Waals surface area contributed by atoms with E-state index >= 15 is 0 Å². The third-order valence-corrected chi connectivity index (χ3v) is 7.59. The number of allylic oxidation sites excluding steroid dienone is 1. The van der Waals surface area contributed by atoms with Crippen LogP contribution >= 0.6 is 0 Å². The Hall–Kier alpha value is -0.670. The van der Waals surface area contributed by atoms with Crippen LogP contribution in [0.4, 0.5) is 0 Å². The summed E-state index contributed by atoms with van der Waals surface area (Å²) < 4.78 is 0. The van der Waals surface area contributed by atoms with Crippen molar-refractivity contribution < 1.29 is 15.0 Å². The van der Waals surface area contributed by atoms with Crippen LogP contribution in [0.25, 0.3) is 0 Å². The monoisotopic (exact) mass is 304 g/mol. The van der Waals surface area contributed by atoms with E-state index in [2.05, 4.69) is 0 Å². The number of hydrogen-bond donors (Lipinski definition) is 2. The molecule has 0 unspecified atom stereocenters. The molecule has 3 heteroatoms. The van der Waals surface area contributed by atoms with Crippen molar-refractivity contribution in [3.05, 3.63) is 11.6 Å². The van der Waals surface area contributed by atoms with Crippen molar-refractivity contribution in [1.29, 1.82) is 0 Å². The van der Waals surface area contributed by atoms with Gasteiger partial charge < -0.3 is 10.2 Å². The van der Waals surface area contributed by atoms with E-state index in [1.807, 2.05) is 6.08 Å². The van der Waals surface area contributed by atoms with Gasteiger partial charge in [0.25, 0.3) is 0 Å². The number of rotatable bonds is 1. The number of carbonyl (C=O) groups is 1. The highest BCUT2D eigenvalue weighted by atomic mass is 16.5. The van der Waals surface area contributed by atoms with Gasteiger partial charge in [-0.05, 0) is 81.6 Å². The van der Waals surface area contributed by atoms with Crippen molar-refractivity contribution in [3.63, 3.8) is 0 Å². The van der Waals surface area contributed by atoms with Crippen molar-refractivity contribution in [2.24, 2.45) is 29.1 Å². The van der Waals surface area contributed by atoms with Crippen LogP contribution in [-0.4, -0.2) is 21.8 Å². The molecule has 0 amide bonds. The quantitative estimate of drug-likeness (QED) is 0.731. The Morgan fingerprint density at radius 1 is 1.09 bits per heavy atom. The summed E-state index contributed by atoms with van der Waals surface area (Å²) in [6.45, 7) is 1.61. The second-order valence-corrected chi connectivity index (χ2v) is 8.41. The fraction of sp³-hybridized carbons (Fsp3) is 0.842. The zero-order chi connectivity index (χ0) is 15.5. The molecule has 4 aliphatic rings. The van der Waals surface area contributed by atoms with Crippen molar-refractivity contribution in [3.8, 4) is 0 Å². The molecule has 22 heavy (non-hydrogen) atoms. The van der Waals surface area contributed by atoms with Crippen LogP contribution in [0.3, 0.4) is 0 Å². The number of hydrogen-bond acceptors (Lipinski definition) is 3. The molecule has 4 rings (SSSR count). The highest BCUT2D eigenvalue weighted by Gasteiger charge is 2.60. The highest BCUT2D eigenvalue weighted by Crippen LogP contribution is 2.64. The van der Waals surface area contributed by atoms with E-state index in [1.165, 1.54) is 5.57 Å². The van der Waals surface area contributed by atoms with Gasteiger partial charge >= 0.3 is 0 Å². The average Bonchev–Trinajstić information content (AvgIpc) is 2.91. The van der Waals surface area contributed by atoms with Crippen molar-refractivity contribution in [2.75, 3.05) is 0 Å². The molecule has 0 heterocycles. The van der Waals surface area contributed by atoms with Gasteiger partial charge in [0.2, 0.25) is 0 Å². The smallest absolute Gasteiger partial charge is 0.165 e. The maximum atomic E-state index is 11.7. The van der Waals surface area contributed by atoms with E-state index in [0.717, 1.165) is 51.4 Å². The van der Waals surface area contributed by atoms with E-state index in [0.29, 0.717) is 35.9 Å². The van der Waals surface area contributed by atoms with E-state index in [1.54, 1.807) is 6.92 Å². The maximum absolute atomic E-state index is 11.7. The van der Waals surface area contributed by atoms with E-state index < -0.39 is 5.79 Å². The Morgan fingerprint density at radius 3 is 2.68 bits per heavy atom. The molecule has 3 nitrogen and oxygen atoms in total. The molecule has 0 aromatic rings. The SMILES string of the molecule is CC(O)(O)[C@@]12CCC[C@H]1[C@@H]1CCC3=CC(=O)CC[C@@H]3[C@H]1CC2. The Morgan fingerprint density at radius 2 is 1.91 bits per heavy atom. The molecule has 0 bridgehead atoms. The molecular weight excluding hydrogens is 276 g/mol. The topological polar surface area (TPSA) is 57.5 Å². The molecule has 2 N–H and O–H groups in total. The summed E-state index contributed by atoms with van der Waals surface area (Å²) >= 11 is 0. The fourth-order valence-corrected chi connectivity index (χ4v) is 6.66. The first-order chi connectivity index (χ1) is 10.4. The van der Waals surface area contributed by atoms with Gasteiger partial charge in [0.1, 0.15) is 0 Å². The lowest BCUT2D eigenvalue weighted by Crippen LogP contribution is -2.55. The van der Waals surface area contributed by atoms with E-state index in [4.69, 9.17) is 0 Å². The van der Waals surface area contributed by atoms with Gasteiger partial charge in [0, 0.05) is 11.8 Å². The lowest BCUT2D eigenvalue weighted by molar-refractivity contribution is -0.263. The van der Waals surface area contributed by atoms with E-state index in [-0.39, 0.29) is 5.41 Å². The Balaban J connectivity index is 1.65. The first-order valence-electron chi connectivity index (χ1n) is 9.10. The molecule has 0 aliphatic heterocycles. The van der Waals surface area contributed by atoms with Crippen LogP contribution in [0, 0.1) is 29.1 Å². The summed E-state index contributed by atoms with van der Waals surface area (Å²) in [4.78, 5) is 11.7. The molecule has 3 fully saturated rings. The average molecular weight is 304 g/mol. The summed E-state index contributed by atoms with van der Waals surface area (Å²) in [5.74, 6) is 1.13. The second-order valence-electron chi connectivity index (χ2n) is 8.41. The van der Waals surface area contributed by atoms with Gasteiger partial charge in [-0.25, -0.2) is 0 Å². The zero-order valence-electron chi connectivity index (χ0n) is 13.6. The van der Waals surface area contributed by atoms with Crippen molar-refractivity contribution in [1.82, 2.24) is 0 Å². The van der Waals surface area contributed by atoms with Crippen LogP contribution in [0.1, 0.15) is 64.7 Å². The number of carbonyl (C=O) groups excluding carboxylic acids is 1. The third kappa shape index (κ3) is 1.98. The Kier molecular flexibility index (Phi) is 3.32. The normalized spacial score (nSPS) is 44.9. The Bertz CT molecular complexity index is 515. The fourth-order valence-electron chi connectivity index (χ4n) is 6.66. The molecule has 122 valence electrons. The van der Waals surface area contributed by atoms with Crippen LogP contribution in [-0.2, 0) is 4.79 Å². The van der Waals surface area contributed by atoms with Gasteiger partial charge in [-0.1, -0.05) is 12.0 Å². The molecular formula is C19H28O3. The minimum Gasteiger partial charge on any atom is -0.365 e. The third-order valence-electron chi connectivity index (χ3n) is 7.59. The molecule has 0 aromatic heterocycles. The van der Waals surface area contributed by atoms with Crippen LogP contribution in [0.15, 0.2) is 11.6 Å². The van der Waals surface area contributed by atoms with Gasteiger partial charge in [-0.2, -0.15) is 0 Å². The number of fused-ring (bicyclic) bond motifs is 5. The predicted molar refractivity (Wildman–Crippen MR) is 83.9 cm³/mol. The highest BCUT2D eigenvalue weighted by molar-refractivity contribution is 5.91. The Labute approximate surface area is 132 Å². The van der Waals surface area contributed by atoms with Crippen molar-refractivity contribution >= 4 is 5.78 Å². The van der Waals surface area contributed by atoms with E-state index in [9.17, 15) is 15.0 Å². The lowest BCUT2D eigenvalue weighted by atomic mass is 9.50. The minimum absolute atomic E-state index is 0.278. The molecule has 0 radical (unpaired) electrons. The molecule has 3 saturated carbocycles. The van der Waals surface area contributed by atoms with Gasteiger partial charge in [-0.15, -0.1) is 0 Å². The van der Waals surface area contributed by atoms with Crippen LogP contribution < -0.4 is 0 Å². The summed E-state index contributed by atoms with van der Waals surface area (Å²) in [5.41, 5.74) is 1.12. The first-order valence-corrected chi connectivity index (χ1v) is 9.10. The summed E-state index contributed by atoms with van der Waals surface area (Å²) in [5, 5.41) is 20.9. The number of ketones is 1. The molecule has 0 saturated heterocycles. The lowest BCUT2D eigenvalue weighted by Gasteiger charge is -2.56. The molecule has 0 aromatic carbocycles. The van der Waals surface area contributed by atoms with Crippen LogP contribution in [0.2, 0.25) is 0 Å². The first kappa shape index (κ1) is 14.9. The zero-order valence-corrected chi connectivity index (χ0v) is 13.6. The molecule has 5 atom stereocenters.